The van der Waals surface area contributed by atoms with Crippen molar-refractivity contribution < 1.29 is 14.7 Å². The molecule has 0 aromatic heterocycles. The molecule has 5 heteroatoms. The first kappa shape index (κ1) is 16.0. The molecule has 0 saturated carbocycles. The molecule has 1 N–H and O–H groups in total. The third-order valence-electron chi connectivity index (χ3n) is 5.24. The minimum atomic E-state index is -0.761. The number of benzene rings is 1. The van der Waals surface area contributed by atoms with Gasteiger partial charge in [0.2, 0.25) is 5.91 Å². The van der Waals surface area contributed by atoms with Crippen molar-refractivity contribution in [3.8, 4) is 0 Å². The summed E-state index contributed by atoms with van der Waals surface area (Å²) in [6.07, 6.45) is 1.99. The molecular formula is C18H24N2O3. The van der Waals surface area contributed by atoms with E-state index in [4.69, 9.17) is 0 Å². The highest BCUT2D eigenvalue weighted by atomic mass is 16.4. The van der Waals surface area contributed by atoms with E-state index >= 15 is 0 Å². The van der Waals surface area contributed by atoms with Crippen molar-refractivity contribution in [3.05, 3.63) is 29.8 Å². The normalized spacial score (nSPS) is 25.9. The van der Waals surface area contributed by atoms with Gasteiger partial charge in [-0.1, -0.05) is 25.1 Å². The summed E-state index contributed by atoms with van der Waals surface area (Å²) in [5, 5.41) is 9.28. The van der Waals surface area contributed by atoms with Crippen LogP contribution in [0.25, 0.3) is 0 Å². The molecule has 1 amide bonds. The molecule has 0 radical (unpaired) electrons. The van der Waals surface area contributed by atoms with Crippen LogP contribution in [0.1, 0.15) is 25.8 Å². The quantitative estimate of drug-likeness (QED) is 0.926. The van der Waals surface area contributed by atoms with E-state index in [9.17, 15) is 14.7 Å². The SMILES string of the molecule is CC(C(=O)N1CCCc2ccccc21)N1C[C@@H](C)[C@H](C(=O)O)C1. The van der Waals surface area contributed by atoms with Crippen LogP contribution in [0.3, 0.4) is 0 Å². The highest BCUT2D eigenvalue weighted by Crippen LogP contribution is 2.30. The Hall–Kier alpha value is -1.88. The fourth-order valence-electron chi connectivity index (χ4n) is 3.79. The van der Waals surface area contributed by atoms with E-state index in [1.807, 2.05) is 41.8 Å². The van der Waals surface area contributed by atoms with Crippen molar-refractivity contribution >= 4 is 17.6 Å². The third kappa shape index (κ3) is 2.98. The molecule has 1 unspecified atom stereocenters. The minimum Gasteiger partial charge on any atom is -0.481 e. The van der Waals surface area contributed by atoms with Crippen molar-refractivity contribution in [2.24, 2.45) is 11.8 Å². The molecule has 124 valence electrons. The zero-order valence-corrected chi connectivity index (χ0v) is 13.7. The average molecular weight is 316 g/mol. The van der Waals surface area contributed by atoms with Crippen LogP contribution in [0.15, 0.2) is 24.3 Å². The molecule has 0 bridgehead atoms. The number of anilines is 1. The van der Waals surface area contributed by atoms with Gasteiger partial charge in [0.05, 0.1) is 12.0 Å². The van der Waals surface area contributed by atoms with Gasteiger partial charge in [-0.2, -0.15) is 0 Å². The second kappa shape index (κ2) is 6.32. The van der Waals surface area contributed by atoms with Crippen LogP contribution < -0.4 is 4.90 Å². The molecule has 1 saturated heterocycles. The maximum absolute atomic E-state index is 13.0. The molecule has 1 fully saturated rings. The van der Waals surface area contributed by atoms with Gasteiger partial charge in [0.15, 0.2) is 0 Å². The van der Waals surface area contributed by atoms with E-state index in [1.54, 1.807) is 0 Å². The Morgan fingerprint density at radius 1 is 1.26 bits per heavy atom. The number of aliphatic carboxylic acids is 1. The highest BCUT2D eigenvalue weighted by Gasteiger charge is 2.39. The van der Waals surface area contributed by atoms with Crippen LogP contribution in [0, 0.1) is 11.8 Å². The number of carbonyl (C=O) groups is 2. The number of aryl methyl sites for hydroxylation is 1. The Balaban J connectivity index is 1.75. The summed E-state index contributed by atoms with van der Waals surface area (Å²) in [5.41, 5.74) is 2.23. The van der Waals surface area contributed by atoms with E-state index in [1.165, 1.54) is 5.56 Å². The van der Waals surface area contributed by atoms with Crippen LogP contribution >= 0.6 is 0 Å². The number of fused-ring (bicyclic) bond motifs is 1. The smallest absolute Gasteiger partial charge is 0.308 e. The predicted octanol–water partition coefficient (Wildman–Crippen LogP) is 2.01. The van der Waals surface area contributed by atoms with Gasteiger partial charge < -0.3 is 10.0 Å². The Labute approximate surface area is 136 Å². The first-order valence-electron chi connectivity index (χ1n) is 8.35. The number of likely N-dealkylation sites (tertiary alicyclic amines) is 1. The summed E-state index contributed by atoms with van der Waals surface area (Å²) in [6.45, 7) is 5.72. The van der Waals surface area contributed by atoms with Gasteiger partial charge in [-0.3, -0.25) is 14.5 Å². The zero-order valence-electron chi connectivity index (χ0n) is 13.7. The van der Waals surface area contributed by atoms with Crippen LogP contribution in [0.5, 0.6) is 0 Å². The lowest BCUT2D eigenvalue weighted by atomic mass is 9.99. The Bertz CT molecular complexity index is 616. The lowest BCUT2D eigenvalue weighted by molar-refractivity contribution is -0.142. The van der Waals surface area contributed by atoms with Crippen LogP contribution in [0.2, 0.25) is 0 Å². The molecule has 1 aromatic carbocycles. The molecule has 3 atom stereocenters. The van der Waals surface area contributed by atoms with Gasteiger partial charge in [-0.15, -0.1) is 0 Å². The van der Waals surface area contributed by atoms with Crippen molar-refractivity contribution in [3.63, 3.8) is 0 Å². The molecule has 23 heavy (non-hydrogen) atoms. The highest BCUT2D eigenvalue weighted by molar-refractivity contribution is 5.98. The number of nitrogens with zero attached hydrogens (tertiary/aromatic N) is 2. The molecule has 5 nitrogen and oxygen atoms in total. The van der Waals surface area contributed by atoms with Crippen molar-refractivity contribution in [2.45, 2.75) is 32.7 Å². The van der Waals surface area contributed by atoms with Crippen LogP contribution in [-0.2, 0) is 16.0 Å². The van der Waals surface area contributed by atoms with E-state index in [2.05, 4.69) is 6.07 Å². The number of rotatable bonds is 3. The topological polar surface area (TPSA) is 60.9 Å². The molecule has 2 aliphatic heterocycles. The van der Waals surface area contributed by atoms with Crippen molar-refractivity contribution in [1.82, 2.24) is 4.90 Å². The third-order valence-corrected chi connectivity index (χ3v) is 5.24. The summed E-state index contributed by atoms with van der Waals surface area (Å²) in [6, 6.07) is 7.78. The second-order valence-corrected chi connectivity index (χ2v) is 6.77. The monoisotopic (exact) mass is 316 g/mol. The lowest BCUT2D eigenvalue weighted by Crippen LogP contribution is -2.48. The fraction of sp³-hybridized carbons (Fsp3) is 0.556. The molecule has 1 aromatic rings. The first-order valence-corrected chi connectivity index (χ1v) is 8.35. The maximum atomic E-state index is 13.0. The molecule has 0 spiro atoms. The van der Waals surface area contributed by atoms with Gasteiger partial charge in [0.25, 0.3) is 0 Å². The van der Waals surface area contributed by atoms with E-state index in [-0.39, 0.29) is 23.8 Å². The van der Waals surface area contributed by atoms with Gasteiger partial charge in [-0.05, 0) is 37.3 Å². The first-order chi connectivity index (χ1) is 11.0. The zero-order chi connectivity index (χ0) is 16.6. The molecule has 2 heterocycles. The second-order valence-electron chi connectivity index (χ2n) is 6.77. The van der Waals surface area contributed by atoms with Gasteiger partial charge in [0.1, 0.15) is 0 Å². The van der Waals surface area contributed by atoms with Crippen LogP contribution in [-0.4, -0.2) is 47.6 Å². The van der Waals surface area contributed by atoms with E-state index in [0.717, 1.165) is 25.1 Å². The number of carboxylic acid groups (broad SMARTS) is 1. The number of hydrogen-bond acceptors (Lipinski definition) is 3. The van der Waals surface area contributed by atoms with Crippen molar-refractivity contribution in [1.29, 1.82) is 0 Å². The average Bonchev–Trinajstić information content (AvgIpc) is 2.95. The molecular weight excluding hydrogens is 292 g/mol. The molecule has 2 aliphatic rings. The fourth-order valence-corrected chi connectivity index (χ4v) is 3.79. The van der Waals surface area contributed by atoms with E-state index < -0.39 is 5.97 Å². The Morgan fingerprint density at radius 2 is 2.00 bits per heavy atom. The molecule has 3 rings (SSSR count). The largest absolute Gasteiger partial charge is 0.481 e. The van der Waals surface area contributed by atoms with Gasteiger partial charge in [0, 0.05) is 25.3 Å². The standard InChI is InChI=1S/C18H24N2O3/c1-12-10-19(11-15(12)18(22)23)13(2)17(21)20-9-5-7-14-6-3-4-8-16(14)20/h3-4,6,8,12-13,15H,5,7,9-11H2,1-2H3,(H,22,23)/t12-,13?,15-/m1/s1. The predicted molar refractivity (Wildman–Crippen MR) is 88.4 cm³/mol. The summed E-state index contributed by atoms with van der Waals surface area (Å²) >= 11 is 0. The molecule has 0 aliphatic carbocycles. The van der Waals surface area contributed by atoms with Crippen LogP contribution in [0.4, 0.5) is 5.69 Å². The lowest BCUT2D eigenvalue weighted by Gasteiger charge is -2.34. The van der Waals surface area contributed by atoms with E-state index in [0.29, 0.717) is 13.1 Å². The number of carboxylic acids is 1. The van der Waals surface area contributed by atoms with Gasteiger partial charge in [-0.25, -0.2) is 0 Å². The Morgan fingerprint density at radius 3 is 2.70 bits per heavy atom. The van der Waals surface area contributed by atoms with Crippen molar-refractivity contribution in [2.75, 3.05) is 24.5 Å². The Kier molecular flexibility index (Phi) is 4.39. The summed E-state index contributed by atoms with van der Waals surface area (Å²) < 4.78 is 0. The number of amides is 1. The number of para-hydroxylation sites is 1. The number of hydrogen-bond donors (Lipinski definition) is 1. The summed E-state index contributed by atoms with van der Waals surface area (Å²) in [7, 11) is 0. The summed E-state index contributed by atoms with van der Waals surface area (Å²) in [4.78, 5) is 28.2. The van der Waals surface area contributed by atoms with Gasteiger partial charge >= 0.3 is 5.97 Å². The maximum Gasteiger partial charge on any atom is 0.308 e. The number of carbonyl (C=O) groups excluding carboxylic acids is 1. The minimum absolute atomic E-state index is 0.0791. The summed E-state index contributed by atoms with van der Waals surface area (Å²) in [5.74, 6) is -0.978.